The summed E-state index contributed by atoms with van der Waals surface area (Å²) in [5.41, 5.74) is 0.0720. The number of hydrogen-bond acceptors (Lipinski definition) is 4. The number of aliphatic hydroxyl groups is 1. The van der Waals surface area contributed by atoms with Gasteiger partial charge in [0.1, 0.15) is 0 Å². The minimum atomic E-state index is 0.0720. The van der Waals surface area contributed by atoms with Gasteiger partial charge in [-0.15, -0.1) is 0 Å². The van der Waals surface area contributed by atoms with Crippen LogP contribution >= 0.6 is 0 Å². The van der Waals surface area contributed by atoms with Gasteiger partial charge >= 0.3 is 0 Å². The molecule has 0 saturated carbocycles. The van der Waals surface area contributed by atoms with Gasteiger partial charge in [-0.3, -0.25) is 0 Å². The number of aliphatic hydroxyl groups excluding tert-OH is 1. The molecule has 1 N–H and O–H groups in total. The zero-order chi connectivity index (χ0) is 11.3. The fraction of sp³-hybridized carbons (Fsp3) is 1.00. The van der Waals surface area contributed by atoms with E-state index in [2.05, 4.69) is 4.90 Å². The molecule has 94 valence electrons. The molecular formula is C12H23NO3. The summed E-state index contributed by atoms with van der Waals surface area (Å²) < 4.78 is 10.8. The maximum absolute atomic E-state index is 9.63. The van der Waals surface area contributed by atoms with Gasteiger partial charge < -0.3 is 19.5 Å². The predicted octanol–water partition coefficient (Wildman–Crippen LogP) is 0.498. The van der Waals surface area contributed by atoms with E-state index in [4.69, 9.17) is 9.47 Å². The smallest absolute Gasteiger partial charge is 0.0593 e. The van der Waals surface area contributed by atoms with Crippen LogP contribution in [0, 0.1) is 5.41 Å². The SMILES string of the molecule is OCC1(CN2CCCOCC2)CCOCC1. The zero-order valence-corrected chi connectivity index (χ0v) is 9.99. The molecule has 2 aliphatic rings. The van der Waals surface area contributed by atoms with Gasteiger partial charge in [-0.25, -0.2) is 0 Å². The van der Waals surface area contributed by atoms with Crippen molar-refractivity contribution in [2.45, 2.75) is 19.3 Å². The van der Waals surface area contributed by atoms with Gasteiger partial charge in [-0.05, 0) is 19.3 Å². The molecule has 0 aliphatic carbocycles. The van der Waals surface area contributed by atoms with Crippen molar-refractivity contribution in [2.75, 3.05) is 52.7 Å². The molecule has 0 radical (unpaired) electrons. The first-order valence-electron chi connectivity index (χ1n) is 6.33. The van der Waals surface area contributed by atoms with Gasteiger partial charge in [0.05, 0.1) is 13.2 Å². The van der Waals surface area contributed by atoms with E-state index < -0.39 is 0 Å². The van der Waals surface area contributed by atoms with Crippen LogP contribution in [0.1, 0.15) is 19.3 Å². The normalized spacial score (nSPS) is 27.6. The molecule has 4 heteroatoms. The fourth-order valence-corrected chi connectivity index (χ4v) is 2.60. The van der Waals surface area contributed by atoms with E-state index in [1.54, 1.807) is 0 Å². The first-order valence-corrected chi connectivity index (χ1v) is 6.33. The van der Waals surface area contributed by atoms with Crippen LogP contribution in [-0.4, -0.2) is 62.7 Å². The van der Waals surface area contributed by atoms with Crippen molar-refractivity contribution in [1.29, 1.82) is 0 Å². The summed E-state index contributed by atoms with van der Waals surface area (Å²) in [7, 11) is 0. The molecule has 2 aliphatic heterocycles. The van der Waals surface area contributed by atoms with E-state index in [1.807, 2.05) is 0 Å². The van der Waals surface area contributed by atoms with Crippen molar-refractivity contribution in [3.05, 3.63) is 0 Å². The molecule has 0 atom stereocenters. The van der Waals surface area contributed by atoms with Gasteiger partial charge in [0, 0.05) is 44.9 Å². The third-order valence-corrected chi connectivity index (χ3v) is 3.76. The van der Waals surface area contributed by atoms with Crippen LogP contribution in [0.3, 0.4) is 0 Å². The first kappa shape index (κ1) is 12.3. The second-order valence-electron chi connectivity index (χ2n) is 5.01. The lowest BCUT2D eigenvalue weighted by molar-refractivity contribution is -0.0343. The largest absolute Gasteiger partial charge is 0.396 e. The summed E-state index contributed by atoms with van der Waals surface area (Å²) in [5.74, 6) is 0. The molecule has 2 heterocycles. The highest BCUT2D eigenvalue weighted by Crippen LogP contribution is 2.31. The number of rotatable bonds is 3. The highest BCUT2D eigenvalue weighted by Gasteiger charge is 2.33. The summed E-state index contributed by atoms with van der Waals surface area (Å²) in [6.45, 7) is 6.69. The van der Waals surface area contributed by atoms with Crippen LogP contribution in [0.15, 0.2) is 0 Å². The van der Waals surface area contributed by atoms with Gasteiger partial charge in [-0.2, -0.15) is 0 Å². The molecule has 0 unspecified atom stereocenters. The van der Waals surface area contributed by atoms with Crippen LogP contribution in [-0.2, 0) is 9.47 Å². The molecule has 16 heavy (non-hydrogen) atoms. The van der Waals surface area contributed by atoms with Crippen molar-refractivity contribution in [3.8, 4) is 0 Å². The number of nitrogens with zero attached hydrogens (tertiary/aromatic N) is 1. The Morgan fingerprint density at radius 3 is 2.50 bits per heavy atom. The molecule has 0 aromatic heterocycles. The molecule has 2 saturated heterocycles. The third kappa shape index (κ3) is 3.17. The van der Waals surface area contributed by atoms with Gasteiger partial charge in [-0.1, -0.05) is 0 Å². The molecule has 0 aromatic carbocycles. The van der Waals surface area contributed by atoms with E-state index in [0.29, 0.717) is 0 Å². The van der Waals surface area contributed by atoms with Crippen LogP contribution < -0.4 is 0 Å². The first-order chi connectivity index (χ1) is 7.85. The summed E-state index contributed by atoms with van der Waals surface area (Å²) in [6.07, 6.45) is 3.08. The number of hydrogen-bond donors (Lipinski definition) is 1. The van der Waals surface area contributed by atoms with Crippen LogP contribution in [0.2, 0.25) is 0 Å². The second kappa shape index (κ2) is 5.96. The highest BCUT2D eigenvalue weighted by atomic mass is 16.5. The Labute approximate surface area is 97.5 Å². The second-order valence-corrected chi connectivity index (χ2v) is 5.01. The minimum Gasteiger partial charge on any atom is -0.396 e. The van der Waals surface area contributed by atoms with Crippen molar-refractivity contribution >= 4 is 0 Å². The van der Waals surface area contributed by atoms with Crippen molar-refractivity contribution in [2.24, 2.45) is 5.41 Å². The topological polar surface area (TPSA) is 41.9 Å². The van der Waals surface area contributed by atoms with E-state index >= 15 is 0 Å². The monoisotopic (exact) mass is 229 g/mol. The van der Waals surface area contributed by atoms with Crippen LogP contribution in [0.25, 0.3) is 0 Å². The van der Waals surface area contributed by atoms with Crippen molar-refractivity contribution in [1.82, 2.24) is 4.90 Å². The Morgan fingerprint density at radius 2 is 1.75 bits per heavy atom. The maximum Gasteiger partial charge on any atom is 0.0593 e. The Morgan fingerprint density at radius 1 is 1.00 bits per heavy atom. The molecule has 0 spiro atoms. The van der Waals surface area contributed by atoms with Crippen LogP contribution in [0.4, 0.5) is 0 Å². The summed E-state index contributed by atoms with van der Waals surface area (Å²) in [5, 5.41) is 9.63. The lowest BCUT2D eigenvalue weighted by Gasteiger charge is -2.39. The Bertz CT molecular complexity index is 196. The van der Waals surface area contributed by atoms with Crippen molar-refractivity contribution < 1.29 is 14.6 Å². The predicted molar refractivity (Wildman–Crippen MR) is 61.4 cm³/mol. The highest BCUT2D eigenvalue weighted by molar-refractivity contribution is 4.85. The van der Waals surface area contributed by atoms with Crippen LogP contribution in [0.5, 0.6) is 0 Å². The molecule has 2 fully saturated rings. The summed E-state index contributed by atoms with van der Waals surface area (Å²) in [4.78, 5) is 2.44. The zero-order valence-electron chi connectivity index (χ0n) is 9.99. The van der Waals surface area contributed by atoms with Crippen molar-refractivity contribution in [3.63, 3.8) is 0 Å². The maximum atomic E-state index is 9.63. The van der Waals surface area contributed by atoms with E-state index in [9.17, 15) is 5.11 Å². The molecule has 4 nitrogen and oxygen atoms in total. The molecule has 2 rings (SSSR count). The lowest BCUT2D eigenvalue weighted by Crippen LogP contribution is -2.44. The summed E-state index contributed by atoms with van der Waals surface area (Å²) in [6, 6.07) is 0. The van der Waals surface area contributed by atoms with Gasteiger partial charge in [0.25, 0.3) is 0 Å². The van der Waals surface area contributed by atoms with E-state index in [-0.39, 0.29) is 12.0 Å². The average molecular weight is 229 g/mol. The molecule has 0 aromatic rings. The Kier molecular flexibility index (Phi) is 4.58. The average Bonchev–Trinajstić information content (AvgIpc) is 2.59. The third-order valence-electron chi connectivity index (χ3n) is 3.76. The molecular weight excluding hydrogens is 206 g/mol. The lowest BCUT2D eigenvalue weighted by atomic mass is 9.80. The van der Waals surface area contributed by atoms with E-state index in [1.165, 1.54) is 0 Å². The fourth-order valence-electron chi connectivity index (χ4n) is 2.60. The molecule has 0 bridgehead atoms. The van der Waals surface area contributed by atoms with Gasteiger partial charge in [0.2, 0.25) is 0 Å². The number of ether oxygens (including phenoxy) is 2. The Balaban J connectivity index is 1.88. The summed E-state index contributed by atoms with van der Waals surface area (Å²) >= 11 is 0. The quantitative estimate of drug-likeness (QED) is 0.765. The minimum absolute atomic E-state index is 0.0720. The van der Waals surface area contributed by atoms with E-state index in [0.717, 1.165) is 65.3 Å². The molecule has 0 amide bonds. The Hall–Kier alpha value is -0.160. The standard InChI is InChI=1S/C12H23NO3/c14-11-12(2-7-16-8-3-12)10-13-4-1-6-15-9-5-13/h14H,1-11H2. The van der Waals surface area contributed by atoms with Gasteiger partial charge in [0.15, 0.2) is 0 Å².